The lowest BCUT2D eigenvalue weighted by atomic mass is 9.98. The summed E-state index contributed by atoms with van der Waals surface area (Å²) >= 11 is 0. The number of nitrogens with one attached hydrogen (secondary N) is 2. The Morgan fingerprint density at radius 1 is 1.39 bits per heavy atom. The number of aliphatic hydroxyl groups is 1. The van der Waals surface area contributed by atoms with E-state index < -0.39 is 5.60 Å². The van der Waals surface area contributed by atoms with Crippen LogP contribution >= 0.6 is 24.0 Å². The van der Waals surface area contributed by atoms with Gasteiger partial charge in [-0.3, -0.25) is 4.68 Å². The number of guanidine groups is 1. The van der Waals surface area contributed by atoms with Gasteiger partial charge >= 0.3 is 0 Å². The van der Waals surface area contributed by atoms with Crippen molar-refractivity contribution in [1.29, 1.82) is 0 Å². The molecular weight excluding hydrogens is 469 g/mol. The van der Waals surface area contributed by atoms with E-state index in [0.29, 0.717) is 12.0 Å². The number of nitrogens with zero attached hydrogens (tertiary/aromatic N) is 3. The highest BCUT2D eigenvalue weighted by Gasteiger charge is 2.26. The molecule has 0 aliphatic heterocycles. The molecule has 0 aromatic carbocycles. The maximum Gasteiger partial charge on any atom is 0.191 e. The van der Waals surface area contributed by atoms with Gasteiger partial charge in [-0.1, -0.05) is 12.8 Å². The molecule has 1 aromatic heterocycles. The van der Waals surface area contributed by atoms with Crippen molar-refractivity contribution >= 4 is 29.9 Å². The second kappa shape index (κ2) is 12.6. The van der Waals surface area contributed by atoms with E-state index in [9.17, 15) is 5.11 Å². The number of halogens is 1. The number of hydrogen-bond acceptors (Lipinski definition) is 4. The molecule has 28 heavy (non-hydrogen) atoms. The normalized spacial score (nSPS) is 18.4. The number of aliphatic imine (C=N–C) groups is 1. The van der Waals surface area contributed by atoms with Gasteiger partial charge in [0.1, 0.15) is 5.60 Å². The van der Waals surface area contributed by atoms with Gasteiger partial charge < -0.3 is 20.5 Å². The molecule has 3 N–H and O–H groups in total. The SMILES string of the molecule is CCNC(=NCC(C)(O)c1cnn(C)c1)NCCC(OCC)C1CCCC1.I. The summed E-state index contributed by atoms with van der Waals surface area (Å²) in [6, 6.07) is 0. The Bertz CT molecular complexity index is 585. The Labute approximate surface area is 186 Å². The van der Waals surface area contributed by atoms with E-state index in [1.165, 1.54) is 25.7 Å². The molecule has 1 fully saturated rings. The highest BCUT2D eigenvalue weighted by atomic mass is 127. The summed E-state index contributed by atoms with van der Waals surface area (Å²) in [5, 5.41) is 21.5. The fraction of sp³-hybridized carbons (Fsp3) is 0.800. The van der Waals surface area contributed by atoms with Crippen LogP contribution in [-0.4, -0.2) is 53.2 Å². The lowest BCUT2D eigenvalue weighted by Crippen LogP contribution is -2.40. The van der Waals surface area contributed by atoms with Crippen LogP contribution in [0.5, 0.6) is 0 Å². The summed E-state index contributed by atoms with van der Waals surface area (Å²) in [7, 11) is 1.84. The van der Waals surface area contributed by atoms with Crippen molar-refractivity contribution in [3.63, 3.8) is 0 Å². The van der Waals surface area contributed by atoms with Gasteiger partial charge in [-0.25, -0.2) is 4.99 Å². The van der Waals surface area contributed by atoms with Gasteiger partial charge in [0.05, 0.1) is 18.8 Å². The predicted octanol–water partition coefficient (Wildman–Crippen LogP) is 2.79. The van der Waals surface area contributed by atoms with Crippen molar-refractivity contribution in [2.24, 2.45) is 18.0 Å². The molecule has 2 rings (SSSR count). The largest absolute Gasteiger partial charge is 0.383 e. The van der Waals surface area contributed by atoms with Crippen LogP contribution < -0.4 is 10.6 Å². The number of aromatic nitrogens is 2. The second-order valence-electron chi connectivity index (χ2n) is 7.63. The fourth-order valence-corrected chi connectivity index (χ4v) is 3.70. The van der Waals surface area contributed by atoms with Crippen molar-refractivity contribution < 1.29 is 9.84 Å². The second-order valence-corrected chi connectivity index (χ2v) is 7.63. The molecule has 2 atom stereocenters. The Morgan fingerprint density at radius 3 is 2.68 bits per heavy atom. The van der Waals surface area contributed by atoms with Crippen LogP contribution in [0.1, 0.15) is 58.4 Å². The van der Waals surface area contributed by atoms with Crippen LogP contribution in [0.15, 0.2) is 17.4 Å². The smallest absolute Gasteiger partial charge is 0.191 e. The molecule has 0 amide bonds. The minimum Gasteiger partial charge on any atom is -0.383 e. The average molecular weight is 507 g/mol. The first kappa shape index (κ1) is 25.2. The molecule has 0 saturated heterocycles. The first-order valence-electron chi connectivity index (χ1n) is 10.3. The topological polar surface area (TPSA) is 83.7 Å². The van der Waals surface area contributed by atoms with Crippen molar-refractivity contribution in [3.8, 4) is 0 Å². The number of ether oxygens (including phenoxy) is 1. The summed E-state index contributed by atoms with van der Waals surface area (Å²) in [6.07, 6.45) is 10.0. The summed E-state index contributed by atoms with van der Waals surface area (Å²) in [5.74, 6) is 1.42. The van der Waals surface area contributed by atoms with E-state index in [1.54, 1.807) is 17.8 Å². The molecular formula is C20H38IN5O2. The third-order valence-corrected chi connectivity index (χ3v) is 5.24. The van der Waals surface area contributed by atoms with E-state index >= 15 is 0 Å². The molecule has 0 spiro atoms. The number of aryl methyl sites for hydroxylation is 1. The van der Waals surface area contributed by atoms with E-state index in [0.717, 1.165) is 37.6 Å². The van der Waals surface area contributed by atoms with Gasteiger partial charge in [0, 0.05) is 38.5 Å². The van der Waals surface area contributed by atoms with Crippen LogP contribution in [0.3, 0.4) is 0 Å². The van der Waals surface area contributed by atoms with Gasteiger partial charge in [0.15, 0.2) is 5.96 Å². The minimum absolute atomic E-state index is 0. The number of hydrogen-bond donors (Lipinski definition) is 3. The third-order valence-electron chi connectivity index (χ3n) is 5.24. The molecule has 8 heteroatoms. The van der Waals surface area contributed by atoms with Crippen molar-refractivity contribution in [2.45, 2.75) is 64.6 Å². The standard InChI is InChI=1S/C20H37N5O2.HI/c1-5-21-19(23-15-20(3,26)17-13-24-25(4)14-17)22-12-11-18(27-6-2)16-9-7-8-10-16;/h13-14,16,18,26H,5-12,15H2,1-4H3,(H2,21,22,23);1H. The summed E-state index contributed by atoms with van der Waals surface area (Å²) in [6.45, 7) is 8.50. The van der Waals surface area contributed by atoms with Gasteiger partial charge in [-0.05, 0) is 46.0 Å². The Balaban J connectivity index is 0.00000392. The highest BCUT2D eigenvalue weighted by Crippen LogP contribution is 2.30. The summed E-state index contributed by atoms with van der Waals surface area (Å²) < 4.78 is 7.68. The number of rotatable bonds is 10. The molecule has 0 bridgehead atoms. The minimum atomic E-state index is -1.05. The lowest BCUT2D eigenvalue weighted by molar-refractivity contribution is 0.0169. The molecule has 2 unspecified atom stereocenters. The molecule has 1 heterocycles. The van der Waals surface area contributed by atoms with E-state index in [1.807, 2.05) is 20.2 Å². The molecule has 1 saturated carbocycles. The quantitative estimate of drug-likeness (QED) is 0.258. The van der Waals surface area contributed by atoms with Crippen LogP contribution in [-0.2, 0) is 17.4 Å². The molecule has 162 valence electrons. The van der Waals surface area contributed by atoms with E-state index in [-0.39, 0.29) is 30.5 Å². The highest BCUT2D eigenvalue weighted by molar-refractivity contribution is 14.0. The Morgan fingerprint density at radius 2 is 2.11 bits per heavy atom. The van der Waals surface area contributed by atoms with Crippen LogP contribution in [0, 0.1) is 5.92 Å². The predicted molar refractivity (Wildman–Crippen MR) is 124 cm³/mol. The summed E-state index contributed by atoms with van der Waals surface area (Å²) in [4.78, 5) is 4.58. The van der Waals surface area contributed by atoms with Crippen LogP contribution in [0.4, 0.5) is 0 Å². The van der Waals surface area contributed by atoms with Crippen molar-refractivity contribution in [2.75, 3.05) is 26.2 Å². The zero-order valence-corrected chi connectivity index (χ0v) is 20.1. The Kier molecular flexibility index (Phi) is 11.4. The third kappa shape index (κ3) is 7.87. The Hall–Kier alpha value is -0.870. The van der Waals surface area contributed by atoms with Crippen LogP contribution in [0.25, 0.3) is 0 Å². The van der Waals surface area contributed by atoms with Gasteiger partial charge in [0.2, 0.25) is 0 Å². The zero-order valence-electron chi connectivity index (χ0n) is 17.8. The van der Waals surface area contributed by atoms with Gasteiger partial charge in [-0.2, -0.15) is 5.10 Å². The molecule has 1 aliphatic rings. The van der Waals surface area contributed by atoms with Crippen LogP contribution in [0.2, 0.25) is 0 Å². The maximum absolute atomic E-state index is 10.7. The van der Waals surface area contributed by atoms with Gasteiger partial charge in [0.25, 0.3) is 0 Å². The van der Waals surface area contributed by atoms with Gasteiger partial charge in [-0.15, -0.1) is 24.0 Å². The molecule has 1 aliphatic carbocycles. The first-order valence-corrected chi connectivity index (χ1v) is 10.3. The molecule has 7 nitrogen and oxygen atoms in total. The monoisotopic (exact) mass is 507 g/mol. The molecule has 1 aromatic rings. The van der Waals surface area contributed by atoms with E-state index in [4.69, 9.17) is 4.74 Å². The summed E-state index contributed by atoms with van der Waals surface area (Å²) in [5.41, 5.74) is -0.281. The lowest BCUT2D eigenvalue weighted by Gasteiger charge is -2.24. The van der Waals surface area contributed by atoms with Crippen molar-refractivity contribution in [1.82, 2.24) is 20.4 Å². The fourth-order valence-electron chi connectivity index (χ4n) is 3.70. The first-order chi connectivity index (χ1) is 13.0. The maximum atomic E-state index is 10.7. The molecule has 0 radical (unpaired) electrons. The average Bonchev–Trinajstić information content (AvgIpc) is 3.31. The van der Waals surface area contributed by atoms with Crippen molar-refractivity contribution in [3.05, 3.63) is 18.0 Å². The van der Waals surface area contributed by atoms with E-state index in [2.05, 4.69) is 27.6 Å². The zero-order chi connectivity index (χ0) is 19.7.